The largest absolute Gasteiger partial charge is 0.460 e. The second-order valence-electron chi connectivity index (χ2n) is 6.93. The molecule has 0 aliphatic heterocycles. The quantitative estimate of drug-likeness (QED) is 0.782. The van der Waals surface area contributed by atoms with E-state index in [1.807, 2.05) is 0 Å². The van der Waals surface area contributed by atoms with Gasteiger partial charge in [0.1, 0.15) is 11.8 Å². The van der Waals surface area contributed by atoms with Gasteiger partial charge in [0.25, 0.3) is 0 Å². The third-order valence-electron chi connectivity index (χ3n) is 4.72. The van der Waals surface area contributed by atoms with Crippen molar-refractivity contribution in [2.75, 3.05) is 6.61 Å². The van der Waals surface area contributed by atoms with E-state index >= 15 is 0 Å². The minimum atomic E-state index is -0.508. The fraction of sp³-hybridized carbons (Fsp3) is 0.667. The molecule has 0 bridgehead atoms. The average molecular weight is 321 g/mol. The van der Waals surface area contributed by atoms with Crippen molar-refractivity contribution in [3.8, 4) is 0 Å². The molecule has 1 fully saturated rings. The van der Waals surface area contributed by atoms with Gasteiger partial charge in [-0.25, -0.2) is 9.59 Å². The SMILES string of the molecule is CC(C)[C@@H]1CC[C@@H](C)C[C@@H]1OC(=O)COC(=O)c1cccn1C. The van der Waals surface area contributed by atoms with Gasteiger partial charge in [-0.3, -0.25) is 0 Å². The van der Waals surface area contributed by atoms with Crippen molar-refractivity contribution in [1.82, 2.24) is 4.57 Å². The van der Waals surface area contributed by atoms with Crippen molar-refractivity contribution in [3.63, 3.8) is 0 Å². The molecular formula is C18H27NO4. The summed E-state index contributed by atoms with van der Waals surface area (Å²) in [5.41, 5.74) is 0.421. The molecule has 0 N–H and O–H groups in total. The van der Waals surface area contributed by atoms with E-state index in [1.165, 1.54) is 6.42 Å². The summed E-state index contributed by atoms with van der Waals surface area (Å²) < 4.78 is 12.3. The van der Waals surface area contributed by atoms with Crippen molar-refractivity contribution in [3.05, 3.63) is 24.0 Å². The Hall–Kier alpha value is -1.78. The molecular weight excluding hydrogens is 294 g/mol. The van der Waals surface area contributed by atoms with E-state index in [9.17, 15) is 9.59 Å². The van der Waals surface area contributed by atoms with Gasteiger partial charge in [-0.2, -0.15) is 0 Å². The number of hydrogen-bond acceptors (Lipinski definition) is 4. The molecule has 0 radical (unpaired) electrons. The molecule has 5 heteroatoms. The van der Waals surface area contributed by atoms with Gasteiger partial charge < -0.3 is 14.0 Å². The summed E-state index contributed by atoms with van der Waals surface area (Å²) in [5.74, 6) is 0.461. The van der Waals surface area contributed by atoms with Gasteiger partial charge >= 0.3 is 11.9 Å². The number of rotatable bonds is 5. The Morgan fingerprint density at radius 2 is 2.09 bits per heavy atom. The molecule has 1 aromatic heterocycles. The fourth-order valence-electron chi connectivity index (χ4n) is 3.32. The van der Waals surface area contributed by atoms with Crippen molar-refractivity contribution >= 4 is 11.9 Å². The van der Waals surface area contributed by atoms with E-state index in [2.05, 4.69) is 20.8 Å². The van der Waals surface area contributed by atoms with E-state index in [-0.39, 0.29) is 12.7 Å². The average Bonchev–Trinajstić information content (AvgIpc) is 2.90. The van der Waals surface area contributed by atoms with Crippen LogP contribution in [0.3, 0.4) is 0 Å². The van der Waals surface area contributed by atoms with E-state index in [4.69, 9.17) is 9.47 Å². The van der Waals surface area contributed by atoms with Crippen LogP contribution in [0.25, 0.3) is 0 Å². The predicted octanol–water partition coefficient (Wildman–Crippen LogP) is 3.19. The maximum Gasteiger partial charge on any atom is 0.355 e. The molecule has 1 aliphatic carbocycles. The van der Waals surface area contributed by atoms with Crippen LogP contribution in [0, 0.1) is 17.8 Å². The monoisotopic (exact) mass is 321 g/mol. The number of nitrogens with zero attached hydrogens (tertiary/aromatic N) is 1. The van der Waals surface area contributed by atoms with Crippen LogP contribution >= 0.6 is 0 Å². The smallest absolute Gasteiger partial charge is 0.355 e. The summed E-state index contributed by atoms with van der Waals surface area (Å²) in [6, 6.07) is 3.41. The fourth-order valence-corrected chi connectivity index (χ4v) is 3.32. The molecule has 1 saturated carbocycles. The maximum atomic E-state index is 12.0. The molecule has 0 saturated heterocycles. The van der Waals surface area contributed by atoms with Crippen molar-refractivity contribution in [2.45, 2.75) is 46.1 Å². The predicted molar refractivity (Wildman–Crippen MR) is 86.9 cm³/mol. The minimum Gasteiger partial charge on any atom is -0.460 e. The molecule has 5 nitrogen and oxygen atoms in total. The molecule has 0 amide bonds. The number of esters is 2. The topological polar surface area (TPSA) is 57.5 Å². The summed E-state index contributed by atoms with van der Waals surface area (Å²) in [6.07, 6.45) is 4.84. The van der Waals surface area contributed by atoms with Gasteiger partial charge in [0.15, 0.2) is 6.61 Å². The number of hydrogen-bond donors (Lipinski definition) is 0. The number of carbonyl (C=O) groups excluding carboxylic acids is 2. The van der Waals surface area contributed by atoms with E-state index < -0.39 is 11.9 Å². The van der Waals surface area contributed by atoms with E-state index in [0.29, 0.717) is 23.4 Å². The summed E-state index contributed by atoms with van der Waals surface area (Å²) in [4.78, 5) is 23.9. The molecule has 2 rings (SSSR count). The summed E-state index contributed by atoms with van der Waals surface area (Å²) in [6.45, 7) is 6.18. The van der Waals surface area contributed by atoms with Crippen LogP contribution in [0.15, 0.2) is 18.3 Å². The lowest BCUT2D eigenvalue weighted by Crippen LogP contribution is -2.36. The lowest BCUT2D eigenvalue weighted by Gasteiger charge is -2.36. The molecule has 1 heterocycles. The molecule has 1 aliphatic rings. The third-order valence-corrected chi connectivity index (χ3v) is 4.72. The standard InChI is InChI=1S/C18H27NO4/c1-12(2)14-8-7-13(3)10-16(14)23-17(20)11-22-18(21)15-6-5-9-19(15)4/h5-6,9,12-14,16H,7-8,10-11H2,1-4H3/t13-,14+,16+/m1/s1. The highest BCUT2D eigenvalue weighted by Gasteiger charge is 2.33. The second kappa shape index (κ2) is 7.66. The Morgan fingerprint density at radius 1 is 1.35 bits per heavy atom. The zero-order valence-electron chi connectivity index (χ0n) is 14.5. The molecule has 0 aromatic carbocycles. The summed E-state index contributed by atoms with van der Waals surface area (Å²) >= 11 is 0. The number of aryl methyl sites for hydroxylation is 1. The highest BCUT2D eigenvalue weighted by molar-refractivity contribution is 5.89. The zero-order chi connectivity index (χ0) is 17.0. The second-order valence-corrected chi connectivity index (χ2v) is 6.93. The van der Waals surface area contributed by atoms with E-state index in [1.54, 1.807) is 29.9 Å². The van der Waals surface area contributed by atoms with Crippen LogP contribution in [-0.2, 0) is 21.3 Å². The first kappa shape index (κ1) is 17.6. The highest BCUT2D eigenvalue weighted by Crippen LogP contribution is 2.35. The third kappa shape index (κ3) is 4.60. The molecule has 128 valence electrons. The molecule has 0 unspecified atom stereocenters. The number of carbonyl (C=O) groups is 2. The van der Waals surface area contributed by atoms with Crippen molar-refractivity contribution in [1.29, 1.82) is 0 Å². The normalized spacial score (nSPS) is 24.5. The van der Waals surface area contributed by atoms with Gasteiger partial charge in [-0.15, -0.1) is 0 Å². The molecule has 1 aromatic rings. The summed E-state index contributed by atoms with van der Waals surface area (Å²) in [5, 5.41) is 0. The van der Waals surface area contributed by atoms with Gasteiger partial charge in [0.05, 0.1) is 0 Å². The Morgan fingerprint density at radius 3 is 2.70 bits per heavy atom. The lowest BCUT2D eigenvalue weighted by atomic mass is 9.75. The minimum absolute atomic E-state index is 0.0695. The van der Waals surface area contributed by atoms with Crippen LogP contribution in [0.2, 0.25) is 0 Å². The number of ether oxygens (including phenoxy) is 2. The molecule has 23 heavy (non-hydrogen) atoms. The Labute approximate surface area is 138 Å². The lowest BCUT2D eigenvalue weighted by molar-refractivity contribution is -0.159. The summed E-state index contributed by atoms with van der Waals surface area (Å²) in [7, 11) is 1.76. The highest BCUT2D eigenvalue weighted by atomic mass is 16.6. The number of aromatic nitrogens is 1. The maximum absolute atomic E-state index is 12.0. The van der Waals surface area contributed by atoms with Gasteiger partial charge in [-0.1, -0.05) is 27.2 Å². The van der Waals surface area contributed by atoms with Crippen LogP contribution in [0.5, 0.6) is 0 Å². The Balaban J connectivity index is 1.85. The van der Waals surface area contributed by atoms with Crippen LogP contribution in [0.4, 0.5) is 0 Å². The first-order valence-electron chi connectivity index (χ1n) is 8.36. The zero-order valence-corrected chi connectivity index (χ0v) is 14.5. The Bertz CT molecular complexity index is 549. The Kier molecular flexibility index (Phi) is 5.85. The van der Waals surface area contributed by atoms with E-state index in [0.717, 1.165) is 12.8 Å². The first-order valence-corrected chi connectivity index (χ1v) is 8.36. The van der Waals surface area contributed by atoms with Gasteiger partial charge in [0.2, 0.25) is 0 Å². The van der Waals surface area contributed by atoms with Crippen LogP contribution in [-0.4, -0.2) is 29.2 Å². The van der Waals surface area contributed by atoms with Gasteiger partial charge in [-0.05, 0) is 42.7 Å². The van der Waals surface area contributed by atoms with Gasteiger partial charge in [0, 0.05) is 13.2 Å². The molecule has 3 atom stereocenters. The van der Waals surface area contributed by atoms with Crippen molar-refractivity contribution < 1.29 is 19.1 Å². The molecule has 0 spiro atoms. The van der Waals surface area contributed by atoms with Crippen LogP contribution < -0.4 is 0 Å². The van der Waals surface area contributed by atoms with Crippen molar-refractivity contribution in [2.24, 2.45) is 24.8 Å². The first-order chi connectivity index (χ1) is 10.9. The van der Waals surface area contributed by atoms with Crippen LogP contribution in [0.1, 0.15) is 50.5 Å².